The Bertz CT molecular complexity index is 1170. The summed E-state index contributed by atoms with van der Waals surface area (Å²) in [5.41, 5.74) is 5.20. The van der Waals surface area contributed by atoms with Crippen LogP contribution in [-0.4, -0.2) is 30.0 Å². The number of carbonyl (C=O) groups is 2. The number of ether oxygens (including phenoxy) is 1. The molecule has 1 N–H and O–H groups in total. The van der Waals surface area contributed by atoms with Gasteiger partial charge < -0.3 is 10.1 Å². The third-order valence-electron chi connectivity index (χ3n) is 5.29. The molecule has 1 aromatic heterocycles. The van der Waals surface area contributed by atoms with Crippen molar-refractivity contribution >= 4 is 34.4 Å². The van der Waals surface area contributed by atoms with Crippen molar-refractivity contribution in [2.45, 2.75) is 19.3 Å². The Morgan fingerprint density at radius 1 is 1.06 bits per heavy atom. The van der Waals surface area contributed by atoms with Gasteiger partial charge in [-0.15, -0.1) is 6.58 Å². The van der Waals surface area contributed by atoms with E-state index in [0.717, 1.165) is 52.6 Å². The average Bonchev–Trinajstić information content (AvgIpc) is 2.80. The molecule has 0 saturated heterocycles. The van der Waals surface area contributed by atoms with E-state index in [4.69, 9.17) is 9.72 Å². The number of rotatable bonds is 6. The second kappa shape index (κ2) is 9.39. The summed E-state index contributed by atoms with van der Waals surface area (Å²) in [6.45, 7) is 3.56. The van der Waals surface area contributed by atoms with Crippen LogP contribution in [0.1, 0.15) is 40.0 Å². The van der Waals surface area contributed by atoms with Crippen LogP contribution in [0, 0.1) is 0 Å². The molecule has 2 aromatic carbocycles. The lowest BCUT2D eigenvalue weighted by atomic mass is 9.86. The van der Waals surface area contributed by atoms with Gasteiger partial charge in [-0.1, -0.05) is 54.6 Å². The van der Waals surface area contributed by atoms with E-state index in [1.165, 1.54) is 0 Å². The summed E-state index contributed by atoms with van der Waals surface area (Å²) < 4.78 is 5.38. The number of nitrogens with zero attached hydrogens (tertiary/aromatic N) is 1. The molecule has 0 radical (unpaired) electrons. The highest BCUT2D eigenvalue weighted by Crippen LogP contribution is 2.36. The average molecular weight is 412 g/mol. The minimum absolute atomic E-state index is 0.329. The van der Waals surface area contributed by atoms with E-state index < -0.39 is 5.97 Å². The van der Waals surface area contributed by atoms with Gasteiger partial charge in [-0.25, -0.2) is 9.78 Å². The van der Waals surface area contributed by atoms with Crippen LogP contribution >= 0.6 is 0 Å². The summed E-state index contributed by atoms with van der Waals surface area (Å²) in [4.78, 5) is 29.9. The van der Waals surface area contributed by atoms with Crippen molar-refractivity contribution in [3.05, 3.63) is 89.6 Å². The van der Waals surface area contributed by atoms with Crippen LogP contribution in [0.3, 0.4) is 0 Å². The van der Waals surface area contributed by atoms with Crippen molar-refractivity contribution in [2.75, 3.05) is 13.2 Å². The van der Waals surface area contributed by atoms with Gasteiger partial charge >= 0.3 is 5.97 Å². The van der Waals surface area contributed by atoms with Gasteiger partial charge in [0.2, 0.25) is 0 Å². The number of carbonyl (C=O) groups excluding carboxylic acids is 2. The summed E-state index contributed by atoms with van der Waals surface area (Å²) >= 11 is 0. The summed E-state index contributed by atoms with van der Waals surface area (Å²) in [7, 11) is 0. The monoisotopic (exact) mass is 412 g/mol. The lowest BCUT2D eigenvalue weighted by molar-refractivity contribution is -0.124. The molecule has 3 aromatic rings. The van der Waals surface area contributed by atoms with Gasteiger partial charge in [0.1, 0.15) is 0 Å². The molecule has 1 amide bonds. The summed E-state index contributed by atoms with van der Waals surface area (Å²) in [6.07, 6.45) is 6.27. The number of pyridine rings is 1. The molecule has 4 rings (SSSR count). The van der Waals surface area contributed by atoms with Gasteiger partial charge in [0.15, 0.2) is 6.61 Å². The first-order chi connectivity index (χ1) is 15.2. The first kappa shape index (κ1) is 20.5. The van der Waals surface area contributed by atoms with Gasteiger partial charge in [0.05, 0.1) is 16.8 Å². The van der Waals surface area contributed by atoms with Crippen LogP contribution in [0.25, 0.3) is 22.6 Å². The number of aromatic nitrogens is 1. The molecule has 1 aliphatic carbocycles. The van der Waals surface area contributed by atoms with E-state index in [1.54, 1.807) is 6.08 Å². The molecule has 0 atom stereocenters. The first-order valence-electron chi connectivity index (χ1n) is 10.4. The van der Waals surface area contributed by atoms with Gasteiger partial charge in [-0.2, -0.15) is 0 Å². The highest BCUT2D eigenvalue weighted by molar-refractivity contribution is 6.07. The fraction of sp³-hybridized carbons (Fsp3) is 0.192. The van der Waals surface area contributed by atoms with E-state index in [9.17, 15) is 9.59 Å². The van der Waals surface area contributed by atoms with Crippen molar-refractivity contribution in [3.63, 3.8) is 0 Å². The van der Waals surface area contributed by atoms with Crippen LogP contribution in [0.5, 0.6) is 0 Å². The zero-order valence-corrected chi connectivity index (χ0v) is 17.3. The molecule has 0 unspecified atom stereocenters. The fourth-order valence-corrected chi connectivity index (χ4v) is 3.90. The molecule has 1 heterocycles. The Morgan fingerprint density at radius 3 is 2.65 bits per heavy atom. The highest BCUT2D eigenvalue weighted by atomic mass is 16.5. The number of allylic oxidation sites excluding steroid dienone is 1. The summed E-state index contributed by atoms with van der Waals surface area (Å²) in [5, 5.41) is 3.37. The highest BCUT2D eigenvalue weighted by Gasteiger charge is 2.26. The Hall–Kier alpha value is -3.73. The second-order valence-electron chi connectivity index (χ2n) is 7.43. The molecule has 5 heteroatoms. The molecule has 0 spiro atoms. The van der Waals surface area contributed by atoms with E-state index in [0.29, 0.717) is 12.1 Å². The van der Waals surface area contributed by atoms with Crippen molar-refractivity contribution in [1.82, 2.24) is 10.3 Å². The number of hydrogen-bond donors (Lipinski definition) is 1. The van der Waals surface area contributed by atoms with Crippen molar-refractivity contribution in [3.8, 4) is 0 Å². The van der Waals surface area contributed by atoms with Crippen LogP contribution in [0.4, 0.5) is 0 Å². The maximum absolute atomic E-state index is 13.1. The number of esters is 1. The van der Waals surface area contributed by atoms with Crippen LogP contribution in [0.2, 0.25) is 0 Å². The molecule has 0 bridgehead atoms. The number of amides is 1. The summed E-state index contributed by atoms with van der Waals surface area (Å²) in [6, 6.07) is 17.7. The molecule has 31 heavy (non-hydrogen) atoms. The van der Waals surface area contributed by atoms with Crippen LogP contribution in [0.15, 0.2) is 67.3 Å². The molecule has 0 saturated carbocycles. The number of benzene rings is 2. The minimum Gasteiger partial charge on any atom is -0.452 e. The van der Waals surface area contributed by atoms with Gasteiger partial charge in [-0.05, 0) is 48.1 Å². The van der Waals surface area contributed by atoms with Crippen molar-refractivity contribution in [1.29, 1.82) is 0 Å². The number of para-hydroxylation sites is 1. The topological polar surface area (TPSA) is 68.3 Å². The lowest BCUT2D eigenvalue weighted by Gasteiger charge is -2.22. The fourth-order valence-electron chi connectivity index (χ4n) is 3.90. The van der Waals surface area contributed by atoms with Crippen molar-refractivity contribution < 1.29 is 14.3 Å². The molecular weight excluding hydrogens is 388 g/mol. The Morgan fingerprint density at radius 2 is 1.84 bits per heavy atom. The maximum atomic E-state index is 13.1. The third-order valence-corrected chi connectivity index (χ3v) is 5.29. The lowest BCUT2D eigenvalue weighted by Crippen LogP contribution is -2.29. The third kappa shape index (κ3) is 4.56. The molecule has 5 nitrogen and oxygen atoms in total. The first-order valence-corrected chi connectivity index (χ1v) is 10.4. The minimum atomic E-state index is -0.496. The molecule has 156 valence electrons. The predicted octanol–water partition coefficient (Wildman–Crippen LogP) is 4.57. The number of nitrogens with one attached hydrogen (secondary N) is 1. The molecule has 0 fully saturated rings. The van der Waals surface area contributed by atoms with E-state index in [-0.39, 0.29) is 12.5 Å². The molecule has 0 aliphatic heterocycles. The molecule has 1 aliphatic rings. The zero-order chi connectivity index (χ0) is 21.6. The van der Waals surface area contributed by atoms with Crippen LogP contribution < -0.4 is 5.32 Å². The standard InChI is InChI=1S/C26H24N2O3/c1-2-15-27-23(29)17-31-26(30)24-20-12-6-7-14-22(20)28-25-19(11-8-13-21(24)25)16-18-9-4-3-5-10-18/h2-7,9-10,12,14,16H,1,8,11,13,15,17H2,(H,27,29). The van der Waals surface area contributed by atoms with Gasteiger partial charge in [0, 0.05) is 11.9 Å². The SMILES string of the molecule is C=CCNC(=O)COC(=O)c1c2c(nc3ccccc13)C(=Cc1ccccc1)CCC2. The van der Waals surface area contributed by atoms with Gasteiger partial charge in [-0.3, -0.25) is 4.79 Å². The Kier molecular flexibility index (Phi) is 6.22. The van der Waals surface area contributed by atoms with E-state index in [2.05, 4.69) is 30.1 Å². The number of fused-ring (bicyclic) bond motifs is 2. The Labute approximate surface area is 181 Å². The Balaban J connectivity index is 1.75. The summed E-state index contributed by atoms with van der Waals surface area (Å²) in [5.74, 6) is -0.852. The quantitative estimate of drug-likeness (QED) is 0.476. The predicted molar refractivity (Wildman–Crippen MR) is 122 cm³/mol. The zero-order valence-electron chi connectivity index (χ0n) is 17.3. The molecular formula is C26H24N2O3. The maximum Gasteiger partial charge on any atom is 0.339 e. The normalized spacial score (nSPS) is 14.1. The van der Waals surface area contributed by atoms with Gasteiger partial charge in [0.25, 0.3) is 5.91 Å². The number of hydrogen-bond acceptors (Lipinski definition) is 4. The largest absolute Gasteiger partial charge is 0.452 e. The van der Waals surface area contributed by atoms with E-state index in [1.807, 2.05) is 42.5 Å². The van der Waals surface area contributed by atoms with Crippen LogP contribution in [-0.2, 0) is 16.0 Å². The second-order valence-corrected chi connectivity index (χ2v) is 7.43. The smallest absolute Gasteiger partial charge is 0.339 e. The van der Waals surface area contributed by atoms with E-state index >= 15 is 0 Å². The van der Waals surface area contributed by atoms with Crippen molar-refractivity contribution in [2.24, 2.45) is 0 Å².